The van der Waals surface area contributed by atoms with Gasteiger partial charge in [-0.25, -0.2) is 0 Å². The zero-order chi connectivity index (χ0) is 11.5. The van der Waals surface area contributed by atoms with Crippen LogP contribution < -0.4 is 5.32 Å². The third-order valence-electron chi connectivity index (χ3n) is 2.84. The van der Waals surface area contributed by atoms with Crippen molar-refractivity contribution in [1.29, 1.82) is 0 Å². The topological polar surface area (TPSA) is 25.2 Å². The molecule has 0 saturated heterocycles. The molecule has 2 heteroatoms. The Balaban J connectivity index is 2.34. The van der Waals surface area contributed by atoms with Crippen LogP contribution in [-0.4, -0.2) is 6.04 Å². The minimum atomic E-state index is 0.499. The first kappa shape index (κ1) is 11.2. The zero-order valence-electron chi connectivity index (χ0n) is 10.2. The summed E-state index contributed by atoms with van der Waals surface area (Å²) in [5.41, 5.74) is 3.58. The number of aryl methyl sites for hydroxylation is 1. The monoisotopic (exact) mass is 217 g/mol. The fourth-order valence-electron chi connectivity index (χ4n) is 1.90. The third kappa shape index (κ3) is 2.12. The lowest BCUT2D eigenvalue weighted by molar-refractivity contribution is 0.571. The number of benzene rings is 1. The highest BCUT2D eigenvalue weighted by molar-refractivity contribution is 5.83. The number of para-hydroxylation sites is 1. The molecule has 16 heavy (non-hydrogen) atoms. The van der Waals surface area contributed by atoms with Crippen molar-refractivity contribution in [2.75, 3.05) is 0 Å². The van der Waals surface area contributed by atoms with Crippen molar-refractivity contribution in [3.8, 4) is 0 Å². The summed E-state index contributed by atoms with van der Waals surface area (Å²) in [6.45, 7) is 7.33. The molecule has 1 N–H and O–H groups in total. The second-order valence-electron chi connectivity index (χ2n) is 4.44. The van der Waals surface area contributed by atoms with Gasteiger partial charge in [0.25, 0.3) is 0 Å². The van der Waals surface area contributed by atoms with Gasteiger partial charge in [0.1, 0.15) is 5.58 Å². The van der Waals surface area contributed by atoms with Gasteiger partial charge < -0.3 is 9.73 Å². The second kappa shape index (κ2) is 4.71. The summed E-state index contributed by atoms with van der Waals surface area (Å²) in [6.07, 6.45) is 2.89. The number of rotatable bonds is 4. The van der Waals surface area contributed by atoms with E-state index in [2.05, 4.69) is 44.3 Å². The molecule has 0 saturated carbocycles. The van der Waals surface area contributed by atoms with Gasteiger partial charge in [-0.1, -0.05) is 39.0 Å². The Morgan fingerprint density at radius 3 is 2.75 bits per heavy atom. The summed E-state index contributed by atoms with van der Waals surface area (Å²) in [4.78, 5) is 0. The summed E-state index contributed by atoms with van der Waals surface area (Å²) in [5.74, 6) is 0. The lowest BCUT2D eigenvalue weighted by Crippen LogP contribution is -2.21. The zero-order valence-corrected chi connectivity index (χ0v) is 10.2. The molecule has 0 amide bonds. The molecule has 0 aliphatic carbocycles. The van der Waals surface area contributed by atoms with Gasteiger partial charge in [-0.3, -0.25) is 0 Å². The standard InChI is InChI=1S/C14H19NO/c1-4-11-6-5-7-13-12(8-15-10(2)3)9-16-14(11)13/h5-7,9-10,15H,4,8H2,1-3H3. The van der Waals surface area contributed by atoms with Crippen LogP contribution in [0.3, 0.4) is 0 Å². The molecule has 0 fully saturated rings. The molecule has 0 aliphatic rings. The lowest BCUT2D eigenvalue weighted by atomic mass is 10.1. The van der Waals surface area contributed by atoms with E-state index in [9.17, 15) is 0 Å². The van der Waals surface area contributed by atoms with Crippen molar-refractivity contribution in [2.24, 2.45) is 0 Å². The summed E-state index contributed by atoms with van der Waals surface area (Å²) in [7, 11) is 0. The average molecular weight is 217 g/mol. The molecule has 86 valence electrons. The lowest BCUT2D eigenvalue weighted by Gasteiger charge is -2.06. The van der Waals surface area contributed by atoms with Crippen LogP contribution in [0.4, 0.5) is 0 Å². The second-order valence-corrected chi connectivity index (χ2v) is 4.44. The molecule has 1 heterocycles. The molecule has 2 rings (SSSR count). The summed E-state index contributed by atoms with van der Waals surface area (Å²) < 4.78 is 5.66. The highest BCUT2D eigenvalue weighted by atomic mass is 16.3. The number of furan rings is 1. The first-order valence-electron chi connectivity index (χ1n) is 5.93. The van der Waals surface area contributed by atoms with E-state index in [4.69, 9.17) is 4.42 Å². The van der Waals surface area contributed by atoms with Gasteiger partial charge in [-0.15, -0.1) is 0 Å². The molecule has 0 unspecified atom stereocenters. The molecule has 1 aromatic carbocycles. The summed E-state index contributed by atoms with van der Waals surface area (Å²) >= 11 is 0. The molecule has 0 aliphatic heterocycles. The van der Waals surface area contributed by atoms with Gasteiger partial charge in [0.05, 0.1) is 6.26 Å². The smallest absolute Gasteiger partial charge is 0.137 e. The Morgan fingerprint density at radius 2 is 2.06 bits per heavy atom. The minimum Gasteiger partial charge on any atom is -0.464 e. The van der Waals surface area contributed by atoms with Gasteiger partial charge in [0, 0.05) is 23.5 Å². The maximum absolute atomic E-state index is 5.66. The van der Waals surface area contributed by atoms with E-state index < -0.39 is 0 Å². The molecule has 1 aromatic heterocycles. The predicted octanol–water partition coefficient (Wildman–Crippen LogP) is 3.49. The Hall–Kier alpha value is -1.28. The van der Waals surface area contributed by atoms with E-state index in [1.165, 1.54) is 16.5 Å². The van der Waals surface area contributed by atoms with Crippen LogP contribution in [0.15, 0.2) is 28.9 Å². The van der Waals surface area contributed by atoms with Gasteiger partial charge >= 0.3 is 0 Å². The third-order valence-corrected chi connectivity index (χ3v) is 2.84. The van der Waals surface area contributed by atoms with E-state index in [1.54, 1.807) is 0 Å². The molecule has 0 bridgehead atoms. The van der Waals surface area contributed by atoms with Crippen LogP contribution in [0.2, 0.25) is 0 Å². The van der Waals surface area contributed by atoms with Crippen molar-refractivity contribution < 1.29 is 4.42 Å². The van der Waals surface area contributed by atoms with E-state index in [0.717, 1.165) is 18.5 Å². The fraction of sp³-hybridized carbons (Fsp3) is 0.429. The molecule has 0 atom stereocenters. The van der Waals surface area contributed by atoms with Crippen LogP contribution in [-0.2, 0) is 13.0 Å². The quantitative estimate of drug-likeness (QED) is 0.848. The van der Waals surface area contributed by atoms with Crippen molar-refractivity contribution >= 4 is 11.0 Å². The summed E-state index contributed by atoms with van der Waals surface area (Å²) in [6, 6.07) is 6.87. The van der Waals surface area contributed by atoms with Gasteiger partial charge in [0.2, 0.25) is 0 Å². The molecule has 0 spiro atoms. The van der Waals surface area contributed by atoms with E-state index >= 15 is 0 Å². The van der Waals surface area contributed by atoms with Crippen LogP contribution in [0.5, 0.6) is 0 Å². The largest absolute Gasteiger partial charge is 0.464 e. The highest BCUT2D eigenvalue weighted by Crippen LogP contribution is 2.24. The molecular weight excluding hydrogens is 198 g/mol. The van der Waals surface area contributed by atoms with Crippen LogP contribution in [0.25, 0.3) is 11.0 Å². The van der Waals surface area contributed by atoms with E-state index in [1.807, 2.05) is 6.26 Å². The maximum Gasteiger partial charge on any atom is 0.137 e. The first-order valence-corrected chi connectivity index (χ1v) is 5.93. The highest BCUT2D eigenvalue weighted by Gasteiger charge is 2.08. The number of fused-ring (bicyclic) bond motifs is 1. The minimum absolute atomic E-state index is 0.499. The van der Waals surface area contributed by atoms with Gasteiger partial charge in [-0.2, -0.15) is 0 Å². The van der Waals surface area contributed by atoms with Crippen molar-refractivity contribution in [2.45, 2.75) is 39.8 Å². The van der Waals surface area contributed by atoms with Crippen molar-refractivity contribution in [1.82, 2.24) is 5.32 Å². The molecule has 2 nitrogen and oxygen atoms in total. The Morgan fingerprint density at radius 1 is 1.25 bits per heavy atom. The van der Waals surface area contributed by atoms with Crippen LogP contribution in [0, 0.1) is 0 Å². The predicted molar refractivity (Wildman–Crippen MR) is 67.6 cm³/mol. The van der Waals surface area contributed by atoms with Crippen molar-refractivity contribution in [3.63, 3.8) is 0 Å². The number of hydrogen-bond donors (Lipinski definition) is 1. The Labute approximate surface area is 96.6 Å². The summed E-state index contributed by atoms with van der Waals surface area (Å²) in [5, 5.41) is 4.66. The fourth-order valence-corrected chi connectivity index (χ4v) is 1.90. The molecular formula is C14H19NO. The van der Waals surface area contributed by atoms with Crippen LogP contribution in [0.1, 0.15) is 31.9 Å². The van der Waals surface area contributed by atoms with Crippen LogP contribution >= 0.6 is 0 Å². The first-order chi connectivity index (χ1) is 7.72. The van der Waals surface area contributed by atoms with Gasteiger partial charge in [-0.05, 0) is 12.0 Å². The Kier molecular flexibility index (Phi) is 3.30. The molecule has 2 aromatic rings. The number of nitrogens with one attached hydrogen (secondary N) is 1. The Bertz CT molecular complexity index is 471. The van der Waals surface area contributed by atoms with Crippen molar-refractivity contribution in [3.05, 3.63) is 35.6 Å². The molecule has 0 radical (unpaired) electrons. The van der Waals surface area contributed by atoms with E-state index in [-0.39, 0.29) is 0 Å². The van der Waals surface area contributed by atoms with Gasteiger partial charge in [0.15, 0.2) is 0 Å². The SMILES string of the molecule is CCc1cccc2c(CNC(C)C)coc12. The normalized spacial score (nSPS) is 11.5. The number of hydrogen-bond acceptors (Lipinski definition) is 2. The maximum atomic E-state index is 5.66. The average Bonchev–Trinajstić information content (AvgIpc) is 2.69. The van der Waals surface area contributed by atoms with E-state index in [0.29, 0.717) is 6.04 Å².